The van der Waals surface area contributed by atoms with Crippen molar-refractivity contribution in [2.24, 2.45) is 0 Å². The molecule has 0 aliphatic carbocycles. The van der Waals surface area contributed by atoms with Crippen LogP contribution >= 0.6 is 0 Å². The maximum absolute atomic E-state index is 11.6. The highest BCUT2D eigenvalue weighted by atomic mass is 16.2. The Balaban J connectivity index is 1.73. The number of anilines is 3. The van der Waals surface area contributed by atoms with Crippen LogP contribution in [0.3, 0.4) is 0 Å². The smallest absolute Gasteiger partial charge is 0.223 e. The normalized spacial score (nSPS) is 14.1. The van der Waals surface area contributed by atoms with Crippen molar-refractivity contribution in [3.8, 4) is 0 Å². The van der Waals surface area contributed by atoms with E-state index in [9.17, 15) is 4.79 Å². The number of carbonyl (C=O) groups is 1. The van der Waals surface area contributed by atoms with Crippen LogP contribution in [0.2, 0.25) is 0 Å². The summed E-state index contributed by atoms with van der Waals surface area (Å²) in [6.45, 7) is 2.34. The van der Waals surface area contributed by atoms with Gasteiger partial charge in [-0.25, -0.2) is 0 Å². The lowest BCUT2D eigenvalue weighted by atomic mass is 10.0. The third-order valence-electron chi connectivity index (χ3n) is 5.07. The number of amides is 1. The summed E-state index contributed by atoms with van der Waals surface area (Å²) in [4.78, 5) is 13.2. The fourth-order valence-corrected chi connectivity index (χ4v) is 3.42. The van der Waals surface area contributed by atoms with Gasteiger partial charge in [-0.3, -0.25) is 4.79 Å². The van der Waals surface area contributed by atoms with Crippen LogP contribution in [-0.4, -0.2) is 19.5 Å². The molecule has 0 bridgehead atoms. The van der Waals surface area contributed by atoms with E-state index < -0.39 is 0 Å². The highest BCUT2D eigenvalue weighted by molar-refractivity contribution is 6.02. The first-order chi connectivity index (χ1) is 13.6. The lowest BCUT2D eigenvalue weighted by molar-refractivity contribution is -0.116. The van der Waals surface area contributed by atoms with Crippen LogP contribution in [0.25, 0.3) is 11.3 Å². The Hall–Kier alpha value is -3.53. The number of nitrogens with one attached hydrogen (secondary N) is 2. The van der Waals surface area contributed by atoms with E-state index in [4.69, 9.17) is 0 Å². The van der Waals surface area contributed by atoms with Gasteiger partial charge in [-0.2, -0.15) is 0 Å². The van der Waals surface area contributed by atoms with Crippen LogP contribution in [0.4, 0.5) is 17.1 Å². The molecule has 1 aliphatic rings. The number of rotatable bonds is 4. The third-order valence-corrected chi connectivity index (χ3v) is 5.07. The van der Waals surface area contributed by atoms with Crippen molar-refractivity contribution in [2.45, 2.75) is 6.92 Å². The molecule has 3 aromatic carbocycles. The van der Waals surface area contributed by atoms with E-state index in [1.807, 2.05) is 30.3 Å². The van der Waals surface area contributed by atoms with Gasteiger partial charge in [0.25, 0.3) is 0 Å². The number of hydrogen-bond acceptors (Lipinski definition) is 3. The number of benzene rings is 3. The van der Waals surface area contributed by atoms with Crippen LogP contribution in [-0.2, 0) is 4.79 Å². The molecule has 3 aromatic rings. The average molecular weight is 369 g/mol. The minimum Gasteiger partial charge on any atom is -0.380 e. The summed E-state index contributed by atoms with van der Waals surface area (Å²) in [7, 11) is 1.78. The van der Waals surface area contributed by atoms with Gasteiger partial charge >= 0.3 is 0 Å². The number of hydrogen-bond donors (Lipinski definition) is 2. The van der Waals surface area contributed by atoms with E-state index in [-0.39, 0.29) is 5.91 Å². The number of carbonyl (C=O) groups excluding carboxylic acids is 1. The zero-order chi connectivity index (χ0) is 19.5. The molecule has 0 unspecified atom stereocenters. The third kappa shape index (κ3) is 3.49. The number of para-hydroxylation sites is 1. The zero-order valence-corrected chi connectivity index (χ0v) is 16.1. The van der Waals surface area contributed by atoms with Crippen LogP contribution < -0.4 is 15.5 Å². The van der Waals surface area contributed by atoms with Gasteiger partial charge in [0, 0.05) is 48.7 Å². The highest BCUT2D eigenvalue weighted by Crippen LogP contribution is 2.36. The molecule has 0 saturated carbocycles. The van der Waals surface area contributed by atoms with Gasteiger partial charge in [0.05, 0.1) is 5.70 Å². The van der Waals surface area contributed by atoms with Crippen molar-refractivity contribution < 1.29 is 4.79 Å². The average Bonchev–Trinajstić information content (AvgIpc) is 3.16. The van der Waals surface area contributed by atoms with E-state index >= 15 is 0 Å². The minimum absolute atomic E-state index is 0.0152. The molecule has 0 atom stereocenters. The molecule has 0 fully saturated rings. The van der Waals surface area contributed by atoms with Gasteiger partial charge in [-0.1, -0.05) is 48.5 Å². The first kappa shape index (κ1) is 17.9. The largest absolute Gasteiger partial charge is 0.380 e. The van der Waals surface area contributed by atoms with E-state index in [2.05, 4.69) is 59.2 Å². The van der Waals surface area contributed by atoms with Crippen LogP contribution in [0.5, 0.6) is 0 Å². The van der Waals surface area contributed by atoms with Gasteiger partial charge < -0.3 is 15.5 Å². The SMILES string of the molecule is CC(=O)N(C)c1ccc(N/C(=C2\CNc3ccccc32)c2ccccc2)cc1. The summed E-state index contributed by atoms with van der Waals surface area (Å²) in [5.41, 5.74) is 7.71. The molecular formula is C24H23N3O. The fraction of sp³-hybridized carbons (Fsp3) is 0.125. The Bertz CT molecular complexity index is 1020. The molecule has 4 heteroatoms. The summed E-state index contributed by atoms with van der Waals surface area (Å²) in [5, 5.41) is 7.09. The lowest BCUT2D eigenvalue weighted by Gasteiger charge is -2.18. The van der Waals surface area contributed by atoms with Gasteiger partial charge in [0.15, 0.2) is 0 Å². The van der Waals surface area contributed by atoms with Crippen LogP contribution in [0, 0.1) is 0 Å². The summed E-state index contributed by atoms with van der Waals surface area (Å²) in [6.07, 6.45) is 0. The molecule has 1 heterocycles. The standard InChI is InChI=1S/C24H23N3O/c1-17(28)27(2)20-14-12-19(13-15-20)26-24(18-8-4-3-5-9-18)22-16-25-23-11-7-6-10-21(22)23/h3-15,25-26H,16H2,1-2H3/b24-22+. The molecule has 140 valence electrons. The Kier molecular flexibility index (Phi) is 4.85. The molecule has 0 aromatic heterocycles. The Morgan fingerprint density at radius 3 is 2.32 bits per heavy atom. The summed E-state index contributed by atoms with van der Waals surface area (Å²) in [6, 6.07) is 26.7. The van der Waals surface area contributed by atoms with Crippen molar-refractivity contribution in [1.29, 1.82) is 0 Å². The lowest BCUT2D eigenvalue weighted by Crippen LogP contribution is -2.22. The quantitative estimate of drug-likeness (QED) is 0.674. The molecule has 4 nitrogen and oxygen atoms in total. The molecule has 4 rings (SSSR count). The van der Waals surface area contributed by atoms with Crippen molar-refractivity contribution in [2.75, 3.05) is 29.1 Å². The van der Waals surface area contributed by atoms with Gasteiger partial charge in [-0.05, 0) is 35.9 Å². The van der Waals surface area contributed by atoms with Gasteiger partial charge in [-0.15, -0.1) is 0 Å². The Labute approximate surface area is 165 Å². The monoisotopic (exact) mass is 369 g/mol. The number of fused-ring (bicyclic) bond motifs is 1. The first-order valence-electron chi connectivity index (χ1n) is 9.37. The van der Waals surface area contributed by atoms with Crippen molar-refractivity contribution in [3.63, 3.8) is 0 Å². The second-order valence-corrected chi connectivity index (χ2v) is 6.87. The Morgan fingerprint density at radius 1 is 0.929 bits per heavy atom. The molecular weight excluding hydrogens is 346 g/mol. The molecule has 28 heavy (non-hydrogen) atoms. The second kappa shape index (κ2) is 7.61. The molecule has 1 amide bonds. The van der Waals surface area contributed by atoms with Gasteiger partial charge in [0.2, 0.25) is 5.91 Å². The topological polar surface area (TPSA) is 44.4 Å². The van der Waals surface area contributed by atoms with Crippen molar-refractivity contribution in [3.05, 3.63) is 90.0 Å². The minimum atomic E-state index is 0.0152. The Morgan fingerprint density at radius 2 is 1.61 bits per heavy atom. The molecule has 0 radical (unpaired) electrons. The van der Waals surface area contributed by atoms with E-state index in [1.165, 1.54) is 11.1 Å². The predicted octanol–water partition coefficient (Wildman–Crippen LogP) is 5.08. The van der Waals surface area contributed by atoms with Gasteiger partial charge in [0.1, 0.15) is 0 Å². The van der Waals surface area contributed by atoms with E-state index in [0.29, 0.717) is 0 Å². The summed E-state index contributed by atoms with van der Waals surface area (Å²) >= 11 is 0. The molecule has 2 N–H and O–H groups in total. The maximum atomic E-state index is 11.6. The maximum Gasteiger partial charge on any atom is 0.223 e. The van der Waals surface area contributed by atoms with E-state index in [0.717, 1.165) is 34.9 Å². The first-order valence-corrected chi connectivity index (χ1v) is 9.37. The molecule has 1 aliphatic heterocycles. The zero-order valence-electron chi connectivity index (χ0n) is 16.1. The molecule has 0 spiro atoms. The summed E-state index contributed by atoms with van der Waals surface area (Å²) in [5.74, 6) is 0.0152. The fourth-order valence-electron chi connectivity index (χ4n) is 3.42. The van der Waals surface area contributed by atoms with Crippen molar-refractivity contribution in [1.82, 2.24) is 0 Å². The second-order valence-electron chi connectivity index (χ2n) is 6.87. The van der Waals surface area contributed by atoms with Crippen LogP contribution in [0.15, 0.2) is 78.9 Å². The van der Waals surface area contributed by atoms with E-state index in [1.54, 1.807) is 18.9 Å². The number of nitrogens with zero attached hydrogens (tertiary/aromatic N) is 1. The highest BCUT2D eigenvalue weighted by Gasteiger charge is 2.20. The van der Waals surface area contributed by atoms with Crippen LogP contribution in [0.1, 0.15) is 18.1 Å². The molecule has 0 saturated heterocycles. The predicted molar refractivity (Wildman–Crippen MR) is 117 cm³/mol. The van der Waals surface area contributed by atoms with Crippen molar-refractivity contribution >= 4 is 34.2 Å². The summed E-state index contributed by atoms with van der Waals surface area (Å²) < 4.78 is 0.